The van der Waals surface area contributed by atoms with E-state index >= 15 is 0 Å². The van der Waals surface area contributed by atoms with Crippen molar-refractivity contribution in [3.63, 3.8) is 0 Å². The van der Waals surface area contributed by atoms with Crippen LogP contribution in [0.2, 0.25) is 0 Å². The van der Waals surface area contributed by atoms with E-state index in [-0.39, 0.29) is 5.41 Å². The fourth-order valence-electron chi connectivity index (χ4n) is 8.69. The van der Waals surface area contributed by atoms with Gasteiger partial charge in [-0.1, -0.05) is 191 Å². The van der Waals surface area contributed by atoms with Crippen molar-refractivity contribution >= 4 is 21.8 Å². The maximum absolute atomic E-state index is 5.37. The first-order valence-electron chi connectivity index (χ1n) is 20.1. The lowest BCUT2D eigenvalue weighted by atomic mass is 9.82. The molecule has 2 heterocycles. The van der Waals surface area contributed by atoms with Crippen LogP contribution >= 0.6 is 0 Å². The molecule has 0 spiro atoms. The summed E-state index contributed by atoms with van der Waals surface area (Å²) in [4.78, 5) is 0. The first kappa shape index (κ1) is 35.2. The molecule has 0 fully saturated rings. The van der Waals surface area contributed by atoms with Gasteiger partial charge in [-0.15, -0.1) is 0 Å². The minimum atomic E-state index is -0.147. The topological polar surface area (TPSA) is 22.8 Å². The second-order valence-electron chi connectivity index (χ2n) is 16.0. The van der Waals surface area contributed by atoms with Gasteiger partial charge >= 0.3 is 0 Å². The van der Waals surface area contributed by atoms with Gasteiger partial charge < -0.3 is 4.57 Å². The van der Waals surface area contributed by atoms with E-state index in [4.69, 9.17) is 5.10 Å². The molecule has 0 saturated carbocycles. The minimum absolute atomic E-state index is 0.147. The van der Waals surface area contributed by atoms with Crippen LogP contribution in [0.25, 0.3) is 89.1 Å². The van der Waals surface area contributed by atoms with Gasteiger partial charge in [-0.2, -0.15) is 5.10 Å². The highest BCUT2D eigenvalue weighted by Gasteiger charge is 2.30. The maximum atomic E-state index is 5.37. The molecule has 0 unspecified atom stereocenters. The molecule has 0 aliphatic rings. The lowest BCUT2D eigenvalue weighted by Gasteiger charge is -2.22. The average Bonchev–Trinajstić information content (AvgIpc) is 3.85. The number of hydrogen-bond donors (Lipinski definition) is 0. The number of nitrogens with zero attached hydrogens (tertiary/aromatic N) is 3. The molecule has 0 atom stereocenters. The largest absolute Gasteiger partial charge is 0.309 e. The van der Waals surface area contributed by atoms with Crippen LogP contribution < -0.4 is 0 Å². The summed E-state index contributed by atoms with van der Waals surface area (Å²) in [6.07, 6.45) is 0. The molecule has 2 aromatic heterocycles. The van der Waals surface area contributed by atoms with E-state index in [0.717, 1.165) is 39.5 Å². The molecule has 0 aliphatic carbocycles. The molecular formula is C55H43N3. The first-order chi connectivity index (χ1) is 28.4. The average molecular weight is 746 g/mol. The number of rotatable bonds is 7. The van der Waals surface area contributed by atoms with E-state index in [1.807, 2.05) is 0 Å². The van der Waals surface area contributed by atoms with Crippen molar-refractivity contribution < 1.29 is 0 Å². The van der Waals surface area contributed by atoms with Gasteiger partial charge in [-0.05, 0) is 75.2 Å². The molecule has 0 radical (unpaired) electrons. The Hall–Kier alpha value is -7.23. The summed E-state index contributed by atoms with van der Waals surface area (Å²) < 4.78 is 4.52. The SMILES string of the molecule is CC(C)(C)c1c(-c2ccccc2)nn(-c2ccc(-c3ccccc3-c3ccccc3-c3ccc(-n4c5ccccc5c5ccccc54)cc3)cc2)c1-c1ccccc1. The zero-order chi connectivity index (χ0) is 39.2. The van der Waals surface area contributed by atoms with Crippen LogP contribution in [0.3, 0.4) is 0 Å². The van der Waals surface area contributed by atoms with Crippen molar-refractivity contribution in [2.75, 3.05) is 0 Å². The summed E-state index contributed by atoms with van der Waals surface area (Å²) >= 11 is 0. The van der Waals surface area contributed by atoms with E-state index in [2.05, 4.69) is 236 Å². The molecule has 0 amide bonds. The van der Waals surface area contributed by atoms with Gasteiger partial charge in [-0.3, -0.25) is 0 Å². The van der Waals surface area contributed by atoms with Crippen molar-refractivity contribution in [2.45, 2.75) is 26.2 Å². The Balaban J connectivity index is 1.04. The van der Waals surface area contributed by atoms with E-state index in [1.54, 1.807) is 0 Å². The van der Waals surface area contributed by atoms with E-state index in [0.29, 0.717) is 0 Å². The second kappa shape index (κ2) is 14.4. The fraction of sp³-hybridized carbons (Fsp3) is 0.0727. The Morgan fingerprint density at radius 2 is 0.776 bits per heavy atom. The summed E-state index contributed by atoms with van der Waals surface area (Å²) in [6.45, 7) is 6.85. The van der Waals surface area contributed by atoms with Gasteiger partial charge in [0.25, 0.3) is 0 Å². The first-order valence-corrected chi connectivity index (χ1v) is 20.1. The van der Waals surface area contributed by atoms with Crippen LogP contribution in [-0.2, 0) is 5.41 Å². The lowest BCUT2D eigenvalue weighted by Crippen LogP contribution is -2.13. The van der Waals surface area contributed by atoms with Crippen LogP contribution in [0.4, 0.5) is 0 Å². The van der Waals surface area contributed by atoms with Crippen LogP contribution in [-0.4, -0.2) is 14.3 Å². The third kappa shape index (κ3) is 6.13. The summed E-state index contributed by atoms with van der Waals surface area (Å²) in [7, 11) is 0. The minimum Gasteiger partial charge on any atom is -0.309 e. The monoisotopic (exact) mass is 745 g/mol. The molecule has 58 heavy (non-hydrogen) atoms. The molecule has 10 aromatic rings. The molecule has 8 aromatic carbocycles. The van der Waals surface area contributed by atoms with Crippen LogP contribution in [0.15, 0.2) is 206 Å². The third-order valence-corrected chi connectivity index (χ3v) is 11.3. The van der Waals surface area contributed by atoms with E-state index in [1.165, 1.54) is 55.2 Å². The fourth-order valence-corrected chi connectivity index (χ4v) is 8.69. The van der Waals surface area contributed by atoms with Crippen molar-refractivity contribution in [1.29, 1.82) is 0 Å². The van der Waals surface area contributed by atoms with Crippen LogP contribution in [0.5, 0.6) is 0 Å². The van der Waals surface area contributed by atoms with Crippen molar-refractivity contribution in [1.82, 2.24) is 14.3 Å². The highest BCUT2D eigenvalue weighted by atomic mass is 15.3. The van der Waals surface area contributed by atoms with Crippen LogP contribution in [0.1, 0.15) is 26.3 Å². The molecule has 0 saturated heterocycles. The van der Waals surface area contributed by atoms with Gasteiger partial charge in [0.05, 0.1) is 28.1 Å². The zero-order valence-corrected chi connectivity index (χ0v) is 33.0. The third-order valence-electron chi connectivity index (χ3n) is 11.3. The Kier molecular flexibility index (Phi) is 8.72. The number of para-hydroxylation sites is 2. The molecule has 278 valence electrons. The predicted molar refractivity (Wildman–Crippen MR) is 244 cm³/mol. The number of hydrogen-bond acceptors (Lipinski definition) is 1. The Morgan fingerprint density at radius 3 is 1.28 bits per heavy atom. The smallest absolute Gasteiger partial charge is 0.0971 e. The van der Waals surface area contributed by atoms with Gasteiger partial charge in [0.2, 0.25) is 0 Å². The maximum Gasteiger partial charge on any atom is 0.0971 e. The summed E-state index contributed by atoms with van der Waals surface area (Å²) in [6, 6.07) is 74.1. The summed E-state index contributed by atoms with van der Waals surface area (Å²) in [5, 5.41) is 7.91. The van der Waals surface area contributed by atoms with Gasteiger partial charge in [0.1, 0.15) is 0 Å². The molecule has 3 nitrogen and oxygen atoms in total. The molecule has 3 heteroatoms. The Bertz CT molecular complexity index is 3000. The van der Waals surface area contributed by atoms with E-state index in [9.17, 15) is 0 Å². The molecule has 0 N–H and O–H groups in total. The number of aromatic nitrogens is 3. The molecular weight excluding hydrogens is 703 g/mol. The number of benzene rings is 8. The quantitative estimate of drug-likeness (QED) is 0.159. The molecule has 10 rings (SSSR count). The van der Waals surface area contributed by atoms with Crippen molar-refractivity contribution in [2.24, 2.45) is 0 Å². The highest BCUT2D eigenvalue weighted by molar-refractivity contribution is 6.09. The summed E-state index contributed by atoms with van der Waals surface area (Å²) in [5.74, 6) is 0. The van der Waals surface area contributed by atoms with Gasteiger partial charge in [0, 0.05) is 33.2 Å². The van der Waals surface area contributed by atoms with Crippen molar-refractivity contribution in [3.05, 3.63) is 212 Å². The standard InChI is InChI=1S/C55H43N3/c1-55(2,3)52-53(40-18-6-4-7-19-40)56-58(54(52)41-20-8-5-9-21-41)43-36-32-39(33-37-43)45-23-11-13-25-47(45)46-24-12-10-22-44(46)38-30-34-42(35-31-38)57-50-28-16-14-26-48(50)49-27-15-17-29-51(49)57/h4-37H,1-3H3. The predicted octanol–water partition coefficient (Wildman–Crippen LogP) is 14.6. The highest BCUT2D eigenvalue weighted by Crippen LogP contribution is 2.43. The van der Waals surface area contributed by atoms with Crippen LogP contribution in [0, 0.1) is 0 Å². The number of fused-ring (bicyclic) bond motifs is 3. The molecule has 0 bridgehead atoms. The molecule has 0 aliphatic heterocycles. The van der Waals surface area contributed by atoms with Gasteiger partial charge in [-0.25, -0.2) is 4.68 Å². The lowest BCUT2D eigenvalue weighted by molar-refractivity contribution is 0.593. The summed E-state index contributed by atoms with van der Waals surface area (Å²) in [5.41, 5.74) is 17.2. The zero-order valence-electron chi connectivity index (χ0n) is 33.0. The Morgan fingerprint density at radius 1 is 0.362 bits per heavy atom. The second-order valence-corrected chi connectivity index (χ2v) is 16.0. The normalized spacial score (nSPS) is 11.7. The Labute approximate surface area is 340 Å². The van der Waals surface area contributed by atoms with Crippen molar-refractivity contribution in [3.8, 4) is 67.3 Å². The van der Waals surface area contributed by atoms with Gasteiger partial charge in [0.15, 0.2) is 0 Å². The van der Waals surface area contributed by atoms with E-state index < -0.39 is 0 Å².